The first-order chi connectivity index (χ1) is 15.8. The fraction of sp³-hybridized carbons (Fsp3) is 0.333. The summed E-state index contributed by atoms with van der Waals surface area (Å²) in [5.74, 6) is -2.52. The van der Waals surface area contributed by atoms with Crippen LogP contribution in [0.2, 0.25) is 10.0 Å². The molecule has 3 fully saturated rings. The van der Waals surface area contributed by atoms with Crippen molar-refractivity contribution in [3.05, 3.63) is 63.6 Å². The molecule has 5 atom stereocenters. The van der Waals surface area contributed by atoms with E-state index < -0.39 is 36.2 Å². The lowest BCUT2D eigenvalue weighted by Gasteiger charge is -2.22. The summed E-state index contributed by atoms with van der Waals surface area (Å²) in [6.07, 6.45) is 1.40. The van der Waals surface area contributed by atoms with Gasteiger partial charge in [0.05, 0.1) is 22.4 Å². The third-order valence-electron chi connectivity index (χ3n) is 6.64. The van der Waals surface area contributed by atoms with Crippen LogP contribution in [0.25, 0.3) is 0 Å². The van der Waals surface area contributed by atoms with Gasteiger partial charge in [-0.1, -0.05) is 23.2 Å². The minimum absolute atomic E-state index is 0.0680. The molecule has 1 saturated heterocycles. The number of carbonyl (C=O) groups excluding carboxylic acids is 4. The molecule has 2 bridgehead atoms. The molecule has 0 unspecified atom stereocenters. The van der Waals surface area contributed by atoms with Gasteiger partial charge in [-0.15, -0.1) is 0 Å². The van der Waals surface area contributed by atoms with E-state index in [0.717, 1.165) is 6.42 Å². The van der Waals surface area contributed by atoms with Gasteiger partial charge in [0.15, 0.2) is 12.4 Å². The Morgan fingerprint density at radius 2 is 1.79 bits per heavy atom. The summed E-state index contributed by atoms with van der Waals surface area (Å²) in [7, 11) is 0. The summed E-state index contributed by atoms with van der Waals surface area (Å²) in [4.78, 5) is 49.4. The molecule has 2 aromatic carbocycles. The average molecular weight is 489 g/mol. The van der Waals surface area contributed by atoms with E-state index in [1.165, 1.54) is 42.5 Å². The molecular formula is C24H18Cl2O7. The molecule has 9 heteroatoms. The smallest absolute Gasteiger partial charge is 0.345 e. The van der Waals surface area contributed by atoms with Crippen molar-refractivity contribution in [2.24, 2.45) is 23.7 Å². The number of ketones is 1. The highest BCUT2D eigenvalue weighted by Gasteiger charge is 2.64. The highest BCUT2D eigenvalue weighted by atomic mass is 35.5. The van der Waals surface area contributed by atoms with E-state index in [2.05, 4.69) is 0 Å². The van der Waals surface area contributed by atoms with Gasteiger partial charge in [-0.2, -0.15) is 0 Å². The zero-order chi connectivity index (χ0) is 23.3. The quantitative estimate of drug-likeness (QED) is 0.342. The minimum Gasteiger partial charge on any atom is -0.462 e. The number of benzene rings is 2. The highest BCUT2D eigenvalue weighted by molar-refractivity contribution is 6.36. The Kier molecular flexibility index (Phi) is 5.62. The van der Waals surface area contributed by atoms with Gasteiger partial charge < -0.3 is 14.2 Å². The Labute approximate surface area is 198 Å². The number of ether oxygens (including phenoxy) is 3. The minimum atomic E-state index is -0.664. The monoisotopic (exact) mass is 488 g/mol. The summed E-state index contributed by atoms with van der Waals surface area (Å²) in [5, 5.41) is 0.561. The molecule has 0 aromatic heterocycles. The number of halogens is 2. The number of hydrogen-bond acceptors (Lipinski definition) is 7. The first kappa shape index (κ1) is 21.9. The van der Waals surface area contributed by atoms with Crippen LogP contribution in [0.5, 0.6) is 5.75 Å². The van der Waals surface area contributed by atoms with Gasteiger partial charge in [0.1, 0.15) is 11.9 Å². The lowest BCUT2D eigenvalue weighted by Crippen LogP contribution is -2.34. The van der Waals surface area contributed by atoms with Crippen molar-refractivity contribution >= 4 is 46.9 Å². The largest absolute Gasteiger partial charge is 0.462 e. The molecule has 7 nitrogen and oxygen atoms in total. The molecule has 1 heterocycles. The number of hydrogen-bond donors (Lipinski definition) is 0. The van der Waals surface area contributed by atoms with E-state index in [1.807, 2.05) is 0 Å². The summed E-state index contributed by atoms with van der Waals surface area (Å²) < 4.78 is 15.9. The molecular weight excluding hydrogens is 471 g/mol. The second kappa shape index (κ2) is 8.47. The van der Waals surface area contributed by atoms with Crippen molar-refractivity contribution in [2.75, 3.05) is 6.61 Å². The van der Waals surface area contributed by atoms with Crippen molar-refractivity contribution in [2.45, 2.75) is 18.9 Å². The molecule has 3 aliphatic rings. The normalized spacial score (nSPS) is 26.7. The Hall–Kier alpha value is -2.90. The van der Waals surface area contributed by atoms with Crippen LogP contribution in [0.4, 0.5) is 0 Å². The first-order valence-electron chi connectivity index (χ1n) is 10.5. The van der Waals surface area contributed by atoms with Crippen LogP contribution in [-0.2, 0) is 19.1 Å². The van der Waals surface area contributed by atoms with Crippen LogP contribution in [-0.4, -0.2) is 36.4 Å². The summed E-state index contributed by atoms with van der Waals surface area (Å²) in [6, 6.07) is 10.3. The summed E-state index contributed by atoms with van der Waals surface area (Å²) in [6.45, 7) is -0.433. The van der Waals surface area contributed by atoms with E-state index in [4.69, 9.17) is 37.4 Å². The van der Waals surface area contributed by atoms with Gasteiger partial charge in [0.25, 0.3) is 0 Å². The van der Waals surface area contributed by atoms with Crippen molar-refractivity contribution < 1.29 is 33.4 Å². The van der Waals surface area contributed by atoms with Crippen molar-refractivity contribution in [1.29, 1.82) is 0 Å². The molecule has 0 spiro atoms. The van der Waals surface area contributed by atoms with Crippen LogP contribution in [0.15, 0.2) is 42.5 Å². The number of rotatable bonds is 6. The van der Waals surface area contributed by atoms with E-state index in [-0.39, 0.29) is 40.2 Å². The number of Topliss-reactive ketones (excluding diaryl/α,β-unsaturated/α-hetero) is 1. The van der Waals surface area contributed by atoms with Crippen LogP contribution >= 0.6 is 23.2 Å². The van der Waals surface area contributed by atoms with Crippen LogP contribution in [0.1, 0.15) is 33.6 Å². The molecule has 0 amide bonds. The molecule has 2 aliphatic carbocycles. The molecule has 0 N–H and O–H groups in total. The second-order valence-corrected chi connectivity index (χ2v) is 9.33. The zero-order valence-corrected chi connectivity index (χ0v) is 18.7. The molecule has 0 radical (unpaired) electrons. The number of fused-ring (bicyclic) bond motifs is 1. The zero-order valence-electron chi connectivity index (χ0n) is 17.2. The summed E-state index contributed by atoms with van der Waals surface area (Å²) >= 11 is 11.8. The Bertz CT molecular complexity index is 1160. The average Bonchev–Trinajstić information content (AvgIpc) is 3.40. The van der Waals surface area contributed by atoms with Crippen molar-refractivity contribution in [1.82, 2.24) is 0 Å². The standard InChI is InChI=1S/C24H18Cl2O7/c25-13-3-6-15(17(26)9-13)22(28)32-14-4-1-11(2-5-14)18(27)10-31-23(29)20-12-7-16-19(8-12)33-24(30)21(16)20/h1-6,9,12,16,19-21H,7-8,10H2/t12-,16+,19-,20-,21-/m1/s1. The van der Waals surface area contributed by atoms with Gasteiger partial charge in [0.2, 0.25) is 0 Å². The molecule has 5 rings (SSSR count). The Balaban J connectivity index is 1.17. The lowest BCUT2D eigenvalue weighted by atomic mass is 9.80. The third-order valence-corrected chi connectivity index (χ3v) is 7.19. The maximum atomic E-state index is 12.6. The van der Waals surface area contributed by atoms with Gasteiger partial charge in [-0.3, -0.25) is 14.4 Å². The second-order valence-electron chi connectivity index (χ2n) is 8.49. The maximum Gasteiger partial charge on any atom is 0.345 e. The molecule has 1 aliphatic heterocycles. The Morgan fingerprint density at radius 1 is 1.03 bits per heavy atom. The highest BCUT2D eigenvalue weighted by Crippen LogP contribution is 2.57. The third kappa shape index (κ3) is 4.00. The molecule has 33 heavy (non-hydrogen) atoms. The van der Waals surface area contributed by atoms with Crippen LogP contribution < -0.4 is 4.74 Å². The molecule has 2 aromatic rings. The van der Waals surface area contributed by atoms with Gasteiger partial charge in [-0.05, 0) is 61.2 Å². The fourth-order valence-electron chi connectivity index (χ4n) is 5.17. The van der Waals surface area contributed by atoms with Crippen molar-refractivity contribution in [3.8, 4) is 5.75 Å². The topological polar surface area (TPSA) is 96.0 Å². The van der Waals surface area contributed by atoms with Gasteiger partial charge in [0, 0.05) is 16.5 Å². The van der Waals surface area contributed by atoms with Crippen molar-refractivity contribution in [3.63, 3.8) is 0 Å². The first-order valence-corrected chi connectivity index (χ1v) is 11.2. The molecule has 2 saturated carbocycles. The fourth-order valence-corrected chi connectivity index (χ4v) is 5.65. The Morgan fingerprint density at radius 3 is 2.52 bits per heavy atom. The SMILES string of the molecule is O=C(COC(=O)[C@@H]1[C@@H]2C[C@@H]3[C@H]1C(=O)O[C@@H]3C2)c1ccc(OC(=O)c2ccc(Cl)cc2Cl)cc1. The molecule has 170 valence electrons. The number of esters is 3. The van der Waals surface area contributed by atoms with Gasteiger partial charge >= 0.3 is 17.9 Å². The van der Waals surface area contributed by atoms with Gasteiger partial charge in [-0.25, -0.2) is 4.79 Å². The van der Waals surface area contributed by atoms with Crippen LogP contribution in [0.3, 0.4) is 0 Å². The predicted octanol–water partition coefficient (Wildman–Crippen LogP) is 4.14. The summed E-state index contributed by atoms with van der Waals surface area (Å²) in [5.41, 5.74) is 0.451. The maximum absolute atomic E-state index is 12.6. The lowest BCUT2D eigenvalue weighted by molar-refractivity contribution is -0.154. The number of carbonyl (C=O) groups is 4. The van der Waals surface area contributed by atoms with E-state index in [0.29, 0.717) is 17.0 Å². The van der Waals surface area contributed by atoms with Crippen LogP contribution in [0, 0.1) is 23.7 Å². The van der Waals surface area contributed by atoms with E-state index in [1.54, 1.807) is 0 Å². The van der Waals surface area contributed by atoms with E-state index >= 15 is 0 Å². The predicted molar refractivity (Wildman–Crippen MR) is 116 cm³/mol. The van der Waals surface area contributed by atoms with E-state index in [9.17, 15) is 19.2 Å².